The summed E-state index contributed by atoms with van der Waals surface area (Å²) in [5, 5.41) is 11.4. The fourth-order valence-corrected chi connectivity index (χ4v) is 4.23. The van der Waals surface area contributed by atoms with Gasteiger partial charge in [0.1, 0.15) is 0 Å². The van der Waals surface area contributed by atoms with E-state index in [-0.39, 0.29) is 29.9 Å². The number of rotatable bonds is 5. The maximum atomic E-state index is 14.5. The maximum absolute atomic E-state index is 14.5. The summed E-state index contributed by atoms with van der Waals surface area (Å²) in [6, 6.07) is 0.970. The Morgan fingerprint density at radius 1 is 1.46 bits per heavy atom. The first-order valence-electron chi connectivity index (χ1n) is 8.24. The minimum atomic E-state index is -1.14. The van der Waals surface area contributed by atoms with Gasteiger partial charge in [-0.15, -0.1) is 11.3 Å². The molecule has 0 saturated heterocycles. The van der Waals surface area contributed by atoms with Gasteiger partial charge in [0.15, 0.2) is 16.7 Å². The average molecular weight is 379 g/mol. The monoisotopic (exact) mass is 379 g/mol. The van der Waals surface area contributed by atoms with Crippen LogP contribution in [0, 0.1) is 0 Å². The molecule has 2 heterocycles. The summed E-state index contributed by atoms with van der Waals surface area (Å²) >= 11 is 1.28. The number of hydrogen-bond donors (Lipinski definition) is 1. The van der Waals surface area contributed by atoms with Crippen LogP contribution in [0.2, 0.25) is 0 Å². The van der Waals surface area contributed by atoms with E-state index in [1.54, 1.807) is 18.4 Å². The van der Waals surface area contributed by atoms with Gasteiger partial charge in [0.25, 0.3) is 5.91 Å². The normalized spacial score (nSPS) is 19.9. The highest BCUT2D eigenvalue weighted by Crippen LogP contribution is 2.43. The highest BCUT2D eigenvalue weighted by atomic mass is 32.1. The van der Waals surface area contributed by atoms with Gasteiger partial charge in [-0.2, -0.15) is 0 Å². The molecule has 1 amide bonds. The molecule has 1 aromatic rings. The Hall–Kier alpha value is -2.48. The molecule has 0 radical (unpaired) electrons. The number of Topliss-reactive ketones (excluding diaryl/α,β-unsaturated/α-hetero) is 1. The molecule has 1 unspecified atom stereocenters. The minimum absolute atomic E-state index is 0.00869. The van der Waals surface area contributed by atoms with E-state index in [0.29, 0.717) is 22.9 Å². The topological polar surface area (TPSA) is 83.9 Å². The summed E-state index contributed by atoms with van der Waals surface area (Å²) in [6.07, 6.45) is -0.169. The summed E-state index contributed by atoms with van der Waals surface area (Å²) in [6.45, 7) is 3.91. The Kier molecular flexibility index (Phi) is 4.95. The molecule has 0 saturated carbocycles. The number of amides is 1. The number of ketones is 1. The van der Waals surface area contributed by atoms with Crippen LogP contribution in [-0.4, -0.2) is 40.3 Å². The van der Waals surface area contributed by atoms with Gasteiger partial charge in [0, 0.05) is 29.1 Å². The third-order valence-corrected chi connectivity index (χ3v) is 5.39. The van der Waals surface area contributed by atoms with E-state index < -0.39 is 30.0 Å². The lowest BCUT2D eigenvalue weighted by Gasteiger charge is -2.29. The second-order valence-corrected chi connectivity index (χ2v) is 6.98. The van der Waals surface area contributed by atoms with E-state index >= 15 is 0 Å². The first-order chi connectivity index (χ1) is 12.3. The van der Waals surface area contributed by atoms with Gasteiger partial charge in [-0.3, -0.25) is 14.4 Å². The van der Waals surface area contributed by atoms with E-state index in [0.717, 1.165) is 0 Å². The van der Waals surface area contributed by atoms with E-state index in [2.05, 4.69) is 0 Å². The molecule has 1 aromatic heterocycles. The largest absolute Gasteiger partial charge is 0.484 e. The third-order valence-electron chi connectivity index (χ3n) is 4.55. The summed E-state index contributed by atoms with van der Waals surface area (Å²) in [4.78, 5) is 37.4. The molecular weight excluding hydrogens is 361 g/mol. The Bertz CT molecular complexity index is 854. The van der Waals surface area contributed by atoms with Crippen molar-refractivity contribution < 1.29 is 28.6 Å². The molecule has 1 atom stereocenters. The van der Waals surface area contributed by atoms with Crippen molar-refractivity contribution in [2.45, 2.75) is 39.2 Å². The molecule has 2 aliphatic rings. The molecule has 26 heavy (non-hydrogen) atoms. The van der Waals surface area contributed by atoms with Crippen LogP contribution in [0.25, 0.3) is 0 Å². The Labute approximate surface area is 153 Å². The maximum Gasteiger partial charge on any atom is 0.307 e. The van der Waals surface area contributed by atoms with Crippen LogP contribution < -0.4 is 4.74 Å². The number of hydrogen-bond acceptors (Lipinski definition) is 5. The fourth-order valence-electron chi connectivity index (χ4n) is 3.44. The van der Waals surface area contributed by atoms with Gasteiger partial charge >= 0.3 is 5.97 Å². The highest BCUT2D eigenvalue weighted by Gasteiger charge is 2.44. The average Bonchev–Trinajstić information content (AvgIpc) is 3.15. The molecule has 0 spiro atoms. The van der Waals surface area contributed by atoms with Crippen LogP contribution in [0.5, 0.6) is 5.06 Å². The number of allylic oxidation sites excluding steroid dienone is 2. The lowest BCUT2D eigenvalue weighted by Crippen LogP contribution is -2.38. The Balaban J connectivity index is 2.03. The highest BCUT2D eigenvalue weighted by molar-refractivity contribution is 7.12. The van der Waals surface area contributed by atoms with Crippen molar-refractivity contribution in [3.8, 4) is 5.06 Å². The molecule has 0 fully saturated rings. The summed E-state index contributed by atoms with van der Waals surface area (Å²) in [5.74, 6) is -3.06. The number of fused-ring (bicyclic) bond motifs is 1. The summed E-state index contributed by atoms with van der Waals surface area (Å²) in [5.41, 5.74) is 1.04. The summed E-state index contributed by atoms with van der Waals surface area (Å²) in [7, 11) is 0. The molecule has 138 valence electrons. The molecule has 6 nitrogen and oxygen atoms in total. The van der Waals surface area contributed by atoms with Crippen LogP contribution in [0.15, 0.2) is 34.1 Å². The zero-order valence-corrected chi connectivity index (χ0v) is 15.2. The number of carboxylic acid groups (broad SMARTS) is 1. The zero-order chi connectivity index (χ0) is 19.0. The Morgan fingerprint density at radius 3 is 2.85 bits per heavy atom. The van der Waals surface area contributed by atoms with Gasteiger partial charge in [0.2, 0.25) is 0 Å². The molecular formula is C18H18FNO5S. The lowest BCUT2D eigenvalue weighted by molar-refractivity contribution is -0.136. The van der Waals surface area contributed by atoms with Crippen molar-refractivity contribution in [3.63, 3.8) is 0 Å². The van der Waals surface area contributed by atoms with Crippen molar-refractivity contribution >= 4 is 29.0 Å². The predicted molar refractivity (Wildman–Crippen MR) is 92.8 cm³/mol. The second-order valence-electron chi connectivity index (χ2n) is 6.10. The predicted octanol–water partition coefficient (Wildman–Crippen LogP) is 3.31. The number of carboxylic acids is 1. The molecule has 0 aromatic carbocycles. The summed E-state index contributed by atoms with van der Waals surface area (Å²) < 4.78 is 19.9. The first kappa shape index (κ1) is 18.3. The van der Waals surface area contributed by atoms with Crippen LogP contribution in [0.4, 0.5) is 4.39 Å². The van der Waals surface area contributed by atoms with Crippen LogP contribution in [0.1, 0.15) is 43.5 Å². The number of aliphatic carboxylic acids is 1. The van der Waals surface area contributed by atoms with Gasteiger partial charge in [-0.05, 0) is 25.8 Å². The second kappa shape index (κ2) is 7.03. The van der Waals surface area contributed by atoms with Gasteiger partial charge in [-0.1, -0.05) is 0 Å². The van der Waals surface area contributed by atoms with E-state index in [1.807, 2.05) is 6.92 Å². The number of carbonyl (C=O) groups excluding carboxylic acids is 2. The standard InChI is InChI=1S/C18H18FNO5S/c1-3-25-15-6-10(8-26-15)18(24)20-9(2)11(7-14(22)23)16-12(20)4-5-13(21)17(16)19/h6,8,12H,3-5,7H2,1-2H3,(H,22,23). The zero-order valence-electron chi connectivity index (χ0n) is 14.4. The van der Waals surface area contributed by atoms with Gasteiger partial charge in [-0.25, -0.2) is 4.39 Å². The molecule has 1 aliphatic carbocycles. The SMILES string of the molecule is CCOc1cc(C(=O)N2C(C)=C(CC(=O)O)C3=C(F)C(=O)CCC32)cs1. The molecule has 3 rings (SSSR count). The smallest absolute Gasteiger partial charge is 0.307 e. The third kappa shape index (κ3) is 3.05. The van der Waals surface area contributed by atoms with Gasteiger partial charge < -0.3 is 14.7 Å². The lowest BCUT2D eigenvalue weighted by atomic mass is 9.88. The van der Waals surface area contributed by atoms with Crippen molar-refractivity contribution in [3.05, 3.63) is 39.7 Å². The first-order valence-corrected chi connectivity index (χ1v) is 9.12. The van der Waals surface area contributed by atoms with E-state index in [4.69, 9.17) is 9.84 Å². The quantitative estimate of drug-likeness (QED) is 0.849. The van der Waals surface area contributed by atoms with Crippen molar-refractivity contribution in [2.24, 2.45) is 0 Å². The van der Waals surface area contributed by atoms with Gasteiger partial charge in [0.05, 0.1) is 24.6 Å². The number of thiophene rings is 1. The van der Waals surface area contributed by atoms with Crippen LogP contribution in [0.3, 0.4) is 0 Å². The number of carbonyl (C=O) groups is 3. The van der Waals surface area contributed by atoms with Crippen molar-refractivity contribution in [1.82, 2.24) is 4.90 Å². The van der Waals surface area contributed by atoms with Crippen LogP contribution >= 0.6 is 11.3 Å². The molecule has 1 N–H and O–H groups in total. The Morgan fingerprint density at radius 2 is 2.19 bits per heavy atom. The van der Waals surface area contributed by atoms with Crippen LogP contribution in [-0.2, 0) is 9.59 Å². The molecule has 0 bridgehead atoms. The number of halogens is 1. The number of nitrogens with zero attached hydrogens (tertiary/aromatic N) is 1. The molecule has 1 aliphatic heterocycles. The fraction of sp³-hybridized carbons (Fsp3) is 0.389. The number of ether oxygens (including phenoxy) is 1. The van der Waals surface area contributed by atoms with Crippen molar-refractivity contribution in [2.75, 3.05) is 6.61 Å². The van der Waals surface area contributed by atoms with E-state index in [1.165, 1.54) is 16.2 Å². The molecule has 8 heteroatoms. The minimum Gasteiger partial charge on any atom is -0.484 e. The van der Waals surface area contributed by atoms with E-state index in [9.17, 15) is 18.8 Å². The van der Waals surface area contributed by atoms with Crippen molar-refractivity contribution in [1.29, 1.82) is 0 Å².